The van der Waals surface area contributed by atoms with Crippen LogP contribution < -0.4 is 11.1 Å². The second-order valence-corrected chi connectivity index (χ2v) is 5.26. The number of fused-ring (bicyclic) bond motifs is 1. The number of benzene rings is 1. The first kappa shape index (κ1) is 13.4. The van der Waals surface area contributed by atoms with Crippen LogP contribution >= 0.6 is 0 Å². The first-order chi connectivity index (χ1) is 8.89. The van der Waals surface area contributed by atoms with E-state index in [2.05, 4.69) is 5.32 Å². The molecule has 0 fully saturated rings. The molecule has 0 saturated carbocycles. The van der Waals surface area contributed by atoms with E-state index in [4.69, 9.17) is 14.9 Å². The van der Waals surface area contributed by atoms with Gasteiger partial charge in [0.2, 0.25) is 0 Å². The Kier molecular flexibility index (Phi) is 3.48. The van der Waals surface area contributed by atoms with Crippen molar-refractivity contribution in [2.24, 2.45) is 5.73 Å². The summed E-state index contributed by atoms with van der Waals surface area (Å²) >= 11 is 0. The van der Waals surface area contributed by atoms with Crippen LogP contribution in [0.5, 0.6) is 0 Å². The van der Waals surface area contributed by atoms with Crippen LogP contribution in [0.3, 0.4) is 0 Å². The predicted molar refractivity (Wildman–Crippen MR) is 74.0 cm³/mol. The fourth-order valence-electron chi connectivity index (χ4n) is 1.74. The average molecular weight is 262 g/mol. The van der Waals surface area contributed by atoms with Crippen molar-refractivity contribution in [2.75, 3.05) is 5.32 Å². The Bertz CT molecular complexity index is 596. The number of carbonyl (C=O) groups excluding carboxylic acids is 1. The van der Waals surface area contributed by atoms with Crippen LogP contribution in [-0.2, 0) is 11.3 Å². The van der Waals surface area contributed by atoms with Gasteiger partial charge < -0.3 is 14.9 Å². The molecule has 1 aromatic heterocycles. The molecular weight excluding hydrogens is 244 g/mol. The van der Waals surface area contributed by atoms with Gasteiger partial charge in [-0.25, -0.2) is 4.79 Å². The van der Waals surface area contributed by atoms with Gasteiger partial charge in [0.15, 0.2) is 0 Å². The van der Waals surface area contributed by atoms with Gasteiger partial charge in [0.25, 0.3) is 0 Å². The quantitative estimate of drug-likeness (QED) is 0.871. The number of nitrogens with two attached hydrogens (primary N) is 1. The molecule has 2 rings (SSSR count). The minimum Gasteiger partial charge on any atom is -0.460 e. The molecule has 3 N–H and O–H groups in total. The van der Waals surface area contributed by atoms with Crippen molar-refractivity contribution in [1.29, 1.82) is 0 Å². The highest BCUT2D eigenvalue weighted by Crippen LogP contribution is 2.27. The van der Waals surface area contributed by atoms with E-state index in [1.165, 1.54) is 0 Å². The van der Waals surface area contributed by atoms with E-state index in [9.17, 15) is 4.79 Å². The van der Waals surface area contributed by atoms with E-state index in [-0.39, 0.29) is 0 Å². The minimum absolute atomic E-state index is 0.320. The Morgan fingerprint density at radius 2 is 2.16 bits per heavy atom. The molecule has 0 aliphatic carbocycles. The summed E-state index contributed by atoms with van der Waals surface area (Å²) in [6, 6.07) is 7.25. The number of anilines is 1. The topological polar surface area (TPSA) is 77.5 Å². The molecule has 1 amide bonds. The summed E-state index contributed by atoms with van der Waals surface area (Å²) in [5, 5.41) is 3.53. The number of furan rings is 1. The minimum atomic E-state index is -0.531. The van der Waals surface area contributed by atoms with Crippen molar-refractivity contribution < 1.29 is 13.9 Å². The first-order valence-corrected chi connectivity index (χ1v) is 6.10. The molecule has 1 heterocycles. The molecule has 2 aromatic rings. The molecule has 5 heteroatoms. The monoisotopic (exact) mass is 262 g/mol. The van der Waals surface area contributed by atoms with Gasteiger partial charge in [-0.2, -0.15) is 0 Å². The van der Waals surface area contributed by atoms with Gasteiger partial charge in [-0.15, -0.1) is 0 Å². The SMILES string of the molecule is CC(C)(C)OC(=O)Nc1cccc2oc(CN)cc12. The van der Waals surface area contributed by atoms with Crippen LogP contribution in [0.25, 0.3) is 11.0 Å². The predicted octanol–water partition coefficient (Wildman–Crippen LogP) is 3.24. The molecule has 0 atom stereocenters. The third kappa shape index (κ3) is 3.26. The van der Waals surface area contributed by atoms with E-state index < -0.39 is 11.7 Å². The van der Waals surface area contributed by atoms with Gasteiger partial charge in [0, 0.05) is 5.39 Å². The lowest BCUT2D eigenvalue weighted by Gasteiger charge is -2.19. The molecule has 0 saturated heterocycles. The normalized spacial score (nSPS) is 11.6. The Hall–Kier alpha value is -2.01. The standard InChI is InChI=1S/C14H18N2O3/c1-14(2,3)19-13(17)16-11-5-4-6-12-10(11)7-9(8-15)18-12/h4-7H,8,15H2,1-3H3,(H,16,17). The lowest BCUT2D eigenvalue weighted by atomic mass is 10.2. The van der Waals surface area contributed by atoms with Crippen molar-refractivity contribution in [1.82, 2.24) is 0 Å². The number of rotatable bonds is 2. The molecule has 0 aliphatic rings. The van der Waals surface area contributed by atoms with E-state index in [1.54, 1.807) is 12.1 Å². The summed E-state index contributed by atoms with van der Waals surface area (Å²) in [4.78, 5) is 11.8. The second kappa shape index (κ2) is 4.93. The number of amides is 1. The van der Waals surface area contributed by atoms with E-state index >= 15 is 0 Å². The van der Waals surface area contributed by atoms with Gasteiger partial charge in [-0.05, 0) is 39.0 Å². The number of nitrogens with one attached hydrogen (secondary N) is 1. The van der Waals surface area contributed by atoms with Crippen LogP contribution in [0, 0.1) is 0 Å². The van der Waals surface area contributed by atoms with Crippen LogP contribution in [-0.4, -0.2) is 11.7 Å². The Morgan fingerprint density at radius 1 is 1.42 bits per heavy atom. The second-order valence-electron chi connectivity index (χ2n) is 5.26. The Morgan fingerprint density at radius 3 is 2.79 bits per heavy atom. The van der Waals surface area contributed by atoms with Crippen molar-refractivity contribution in [3.63, 3.8) is 0 Å². The maximum atomic E-state index is 11.8. The highest BCUT2D eigenvalue weighted by Gasteiger charge is 2.17. The number of carbonyl (C=O) groups is 1. The van der Waals surface area contributed by atoms with Crippen LogP contribution in [0.1, 0.15) is 26.5 Å². The lowest BCUT2D eigenvalue weighted by molar-refractivity contribution is 0.0636. The first-order valence-electron chi connectivity index (χ1n) is 6.10. The summed E-state index contributed by atoms with van der Waals surface area (Å²) in [5.74, 6) is 0.674. The summed E-state index contributed by atoms with van der Waals surface area (Å²) in [5.41, 5.74) is 6.35. The van der Waals surface area contributed by atoms with E-state index in [1.807, 2.05) is 32.9 Å². The molecular formula is C14H18N2O3. The lowest BCUT2D eigenvalue weighted by Crippen LogP contribution is -2.27. The molecule has 0 unspecified atom stereocenters. The van der Waals surface area contributed by atoms with Crippen molar-refractivity contribution in [2.45, 2.75) is 32.9 Å². The zero-order valence-corrected chi connectivity index (χ0v) is 11.3. The van der Waals surface area contributed by atoms with Gasteiger partial charge in [-0.3, -0.25) is 5.32 Å². The van der Waals surface area contributed by atoms with Crippen LogP contribution in [0.2, 0.25) is 0 Å². The van der Waals surface area contributed by atoms with Crippen LogP contribution in [0.4, 0.5) is 10.5 Å². The third-order valence-electron chi connectivity index (χ3n) is 2.45. The summed E-state index contributed by atoms with van der Waals surface area (Å²) in [7, 11) is 0. The zero-order chi connectivity index (χ0) is 14.0. The number of hydrogen-bond acceptors (Lipinski definition) is 4. The third-order valence-corrected chi connectivity index (χ3v) is 2.45. The van der Waals surface area contributed by atoms with E-state index in [0.717, 1.165) is 5.39 Å². The fourth-order valence-corrected chi connectivity index (χ4v) is 1.74. The maximum absolute atomic E-state index is 11.8. The van der Waals surface area contributed by atoms with E-state index in [0.29, 0.717) is 23.6 Å². The molecule has 0 aliphatic heterocycles. The van der Waals surface area contributed by atoms with Gasteiger partial charge >= 0.3 is 6.09 Å². The molecule has 1 aromatic carbocycles. The molecule has 102 valence electrons. The summed E-state index contributed by atoms with van der Waals surface area (Å²) in [6.07, 6.45) is -0.490. The average Bonchev–Trinajstić information content (AvgIpc) is 2.70. The van der Waals surface area contributed by atoms with Crippen molar-refractivity contribution >= 4 is 22.7 Å². The summed E-state index contributed by atoms with van der Waals surface area (Å²) in [6.45, 7) is 5.77. The van der Waals surface area contributed by atoms with Gasteiger partial charge in [0.05, 0.1) is 12.2 Å². The fraction of sp³-hybridized carbons (Fsp3) is 0.357. The van der Waals surface area contributed by atoms with Gasteiger partial charge in [0.1, 0.15) is 16.9 Å². The molecule has 0 spiro atoms. The highest BCUT2D eigenvalue weighted by molar-refractivity contribution is 5.98. The molecule has 19 heavy (non-hydrogen) atoms. The largest absolute Gasteiger partial charge is 0.460 e. The Labute approximate surface area is 111 Å². The van der Waals surface area contributed by atoms with Crippen molar-refractivity contribution in [3.8, 4) is 0 Å². The van der Waals surface area contributed by atoms with Gasteiger partial charge in [-0.1, -0.05) is 6.07 Å². The summed E-state index contributed by atoms with van der Waals surface area (Å²) < 4.78 is 10.7. The van der Waals surface area contributed by atoms with Crippen molar-refractivity contribution in [3.05, 3.63) is 30.0 Å². The zero-order valence-electron chi connectivity index (χ0n) is 11.3. The highest BCUT2D eigenvalue weighted by atomic mass is 16.6. The molecule has 5 nitrogen and oxygen atoms in total. The van der Waals surface area contributed by atoms with Crippen LogP contribution in [0.15, 0.2) is 28.7 Å². The Balaban J connectivity index is 2.25. The molecule has 0 radical (unpaired) electrons. The molecule has 0 bridgehead atoms. The number of ether oxygens (including phenoxy) is 1. The maximum Gasteiger partial charge on any atom is 0.412 e. The smallest absolute Gasteiger partial charge is 0.412 e. The number of hydrogen-bond donors (Lipinski definition) is 2.